The Labute approximate surface area is 129 Å². The van der Waals surface area contributed by atoms with Crippen molar-refractivity contribution in [3.05, 3.63) is 58.7 Å². The van der Waals surface area contributed by atoms with Crippen LogP contribution >= 0.6 is 0 Å². The molecule has 2 aromatic carbocycles. The molecule has 1 aliphatic heterocycles. The van der Waals surface area contributed by atoms with Gasteiger partial charge in [0.25, 0.3) is 11.8 Å². The number of carbonyl (C=O) groups excluding carboxylic acids is 2. The number of nitrogens with zero attached hydrogens (tertiary/aromatic N) is 1. The molecule has 0 unspecified atom stereocenters. The van der Waals surface area contributed by atoms with E-state index in [0.29, 0.717) is 23.0 Å². The van der Waals surface area contributed by atoms with E-state index in [1.807, 2.05) is 0 Å². The molecule has 118 valence electrons. The second kappa shape index (κ2) is 4.84. The molecule has 1 aliphatic rings. The predicted molar refractivity (Wildman–Crippen MR) is 78.2 cm³/mol. The van der Waals surface area contributed by atoms with Crippen molar-refractivity contribution < 1.29 is 22.8 Å². The third kappa shape index (κ3) is 2.34. The van der Waals surface area contributed by atoms with Gasteiger partial charge in [0.05, 0.1) is 22.4 Å². The molecule has 0 radical (unpaired) electrons. The Morgan fingerprint density at radius 3 is 2.22 bits per heavy atom. The van der Waals surface area contributed by atoms with Gasteiger partial charge in [-0.15, -0.1) is 0 Å². The van der Waals surface area contributed by atoms with Crippen molar-refractivity contribution >= 4 is 23.2 Å². The zero-order valence-electron chi connectivity index (χ0n) is 11.9. The van der Waals surface area contributed by atoms with Gasteiger partial charge in [0.1, 0.15) is 0 Å². The standard InChI is InChI=1S/C16H11F3N2O2/c1-8-6-10(20)3-5-13(8)21-14(22)11-4-2-9(16(17,18)19)7-12(11)15(21)23/h2-7H,20H2,1H3. The maximum Gasteiger partial charge on any atom is 0.416 e. The third-order valence-electron chi connectivity index (χ3n) is 3.68. The molecule has 0 saturated carbocycles. The normalized spacial score (nSPS) is 14.3. The lowest BCUT2D eigenvalue weighted by Gasteiger charge is -2.16. The molecule has 0 aromatic heterocycles. The van der Waals surface area contributed by atoms with Crippen molar-refractivity contribution in [3.8, 4) is 0 Å². The van der Waals surface area contributed by atoms with Crippen LogP contribution in [0.3, 0.4) is 0 Å². The van der Waals surface area contributed by atoms with Gasteiger partial charge >= 0.3 is 6.18 Å². The number of hydrogen-bond acceptors (Lipinski definition) is 3. The Hall–Kier alpha value is -2.83. The van der Waals surface area contributed by atoms with E-state index >= 15 is 0 Å². The smallest absolute Gasteiger partial charge is 0.399 e. The molecule has 0 bridgehead atoms. The number of rotatable bonds is 1. The number of aryl methyl sites for hydroxylation is 1. The summed E-state index contributed by atoms with van der Waals surface area (Å²) in [6, 6.07) is 7.14. The summed E-state index contributed by atoms with van der Waals surface area (Å²) in [5, 5.41) is 0. The molecule has 2 aromatic rings. The molecule has 0 fully saturated rings. The van der Waals surface area contributed by atoms with Crippen LogP contribution < -0.4 is 10.6 Å². The maximum atomic E-state index is 12.8. The minimum atomic E-state index is -4.58. The first-order valence-corrected chi connectivity index (χ1v) is 6.66. The minimum absolute atomic E-state index is 0.0424. The van der Waals surface area contributed by atoms with E-state index in [0.717, 1.165) is 17.0 Å². The predicted octanol–water partition coefficient (Wildman–Crippen LogP) is 3.40. The van der Waals surface area contributed by atoms with Gasteiger partial charge in [-0.25, -0.2) is 4.90 Å². The highest BCUT2D eigenvalue weighted by atomic mass is 19.4. The molecule has 0 spiro atoms. The monoisotopic (exact) mass is 320 g/mol. The molecular weight excluding hydrogens is 309 g/mol. The van der Waals surface area contributed by atoms with Gasteiger partial charge in [-0.05, 0) is 48.9 Å². The van der Waals surface area contributed by atoms with Crippen molar-refractivity contribution in [1.29, 1.82) is 0 Å². The Bertz CT molecular complexity index is 844. The summed E-state index contributed by atoms with van der Waals surface area (Å²) in [6.07, 6.45) is -4.58. The number of hydrogen-bond donors (Lipinski definition) is 1. The summed E-state index contributed by atoms with van der Waals surface area (Å²) in [7, 11) is 0. The number of alkyl halides is 3. The lowest BCUT2D eigenvalue weighted by molar-refractivity contribution is -0.137. The molecule has 0 atom stereocenters. The van der Waals surface area contributed by atoms with Gasteiger partial charge in [0.15, 0.2) is 0 Å². The first-order chi connectivity index (χ1) is 10.7. The number of imide groups is 1. The molecule has 0 saturated heterocycles. The zero-order chi connectivity index (χ0) is 16.9. The number of carbonyl (C=O) groups is 2. The summed E-state index contributed by atoms with van der Waals surface area (Å²) in [5.74, 6) is -1.42. The van der Waals surface area contributed by atoms with Crippen LogP contribution in [0.25, 0.3) is 0 Å². The zero-order valence-corrected chi connectivity index (χ0v) is 11.9. The topological polar surface area (TPSA) is 63.4 Å². The van der Waals surface area contributed by atoms with Crippen molar-refractivity contribution in [3.63, 3.8) is 0 Å². The number of benzene rings is 2. The van der Waals surface area contributed by atoms with Crippen molar-refractivity contribution in [2.24, 2.45) is 0 Å². The summed E-state index contributed by atoms with van der Waals surface area (Å²) < 4.78 is 38.4. The van der Waals surface area contributed by atoms with Crippen molar-refractivity contribution in [2.45, 2.75) is 13.1 Å². The van der Waals surface area contributed by atoms with Crippen LogP contribution in [-0.2, 0) is 6.18 Å². The van der Waals surface area contributed by atoms with Crippen LogP contribution in [0.2, 0.25) is 0 Å². The highest BCUT2D eigenvalue weighted by Gasteiger charge is 2.40. The van der Waals surface area contributed by atoms with Gasteiger partial charge in [-0.3, -0.25) is 9.59 Å². The molecule has 1 heterocycles. The first kappa shape index (κ1) is 15.1. The fourth-order valence-corrected chi connectivity index (χ4v) is 2.57. The second-order valence-electron chi connectivity index (χ2n) is 5.25. The SMILES string of the molecule is Cc1cc(N)ccc1N1C(=O)c2ccc(C(F)(F)F)cc2C1=O. The number of fused-ring (bicyclic) bond motifs is 1. The minimum Gasteiger partial charge on any atom is -0.399 e. The fraction of sp³-hybridized carbons (Fsp3) is 0.125. The summed E-state index contributed by atoms with van der Waals surface area (Å²) >= 11 is 0. The number of nitrogen functional groups attached to an aromatic ring is 1. The van der Waals surface area contributed by atoms with Crippen molar-refractivity contribution in [1.82, 2.24) is 0 Å². The van der Waals surface area contributed by atoms with E-state index in [-0.39, 0.29) is 11.1 Å². The molecule has 2 amide bonds. The molecule has 7 heteroatoms. The molecule has 2 N–H and O–H groups in total. The fourth-order valence-electron chi connectivity index (χ4n) is 2.57. The van der Waals surface area contributed by atoms with Gasteiger partial charge in [-0.1, -0.05) is 0 Å². The number of anilines is 2. The quantitative estimate of drug-likeness (QED) is 0.647. The molecular formula is C16H11F3N2O2. The van der Waals surface area contributed by atoms with Crippen LogP contribution in [0.4, 0.5) is 24.5 Å². The van der Waals surface area contributed by atoms with E-state index in [2.05, 4.69) is 0 Å². The Kier molecular flexibility index (Phi) is 3.17. The maximum absolute atomic E-state index is 12.8. The van der Waals surface area contributed by atoms with E-state index in [1.165, 1.54) is 12.1 Å². The first-order valence-electron chi connectivity index (χ1n) is 6.66. The van der Waals surface area contributed by atoms with Gasteiger partial charge < -0.3 is 5.73 Å². The van der Waals surface area contributed by atoms with E-state index in [1.54, 1.807) is 13.0 Å². The molecule has 3 rings (SSSR count). The largest absolute Gasteiger partial charge is 0.416 e. The molecule has 23 heavy (non-hydrogen) atoms. The Morgan fingerprint density at radius 2 is 1.61 bits per heavy atom. The van der Waals surface area contributed by atoms with Crippen LogP contribution in [0.1, 0.15) is 31.8 Å². The van der Waals surface area contributed by atoms with Gasteiger partial charge in [-0.2, -0.15) is 13.2 Å². The van der Waals surface area contributed by atoms with Gasteiger partial charge in [0.2, 0.25) is 0 Å². The third-order valence-corrected chi connectivity index (χ3v) is 3.68. The highest BCUT2D eigenvalue weighted by Crippen LogP contribution is 2.35. The lowest BCUT2D eigenvalue weighted by atomic mass is 10.1. The average molecular weight is 320 g/mol. The Morgan fingerprint density at radius 1 is 0.957 bits per heavy atom. The second-order valence-corrected chi connectivity index (χ2v) is 5.25. The average Bonchev–Trinajstić information content (AvgIpc) is 2.71. The van der Waals surface area contributed by atoms with E-state index < -0.39 is 23.6 Å². The highest BCUT2D eigenvalue weighted by molar-refractivity contribution is 6.34. The van der Waals surface area contributed by atoms with Crippen molar-refractivity contribution in [2.75, 3.05) is 10.6 Å². The molecule has 0 aliphatic carbocycles. The van der Waals surface area contributed by atoms with Crippen LogP contribution in [-0.4, -0.2) is 11.8 Å². The number of halogens is 3. The van der Waals surface area contributed by atoms with E-state index in [9.17, 15) is 22.8 Å². The van der Waals surface area contributed by atoms with Crippen LogP contribution in [0.5, 0.6) is 0 Å². The number of nitrogens with two attached hydrogens (primary N) is 1. The summed E-state index contributed by atoms with van der Waals surface area (Å²) in [6.45, 7) is 1.66. The summed E-state index contributed by atoms with van der Waals surface area (Å²) in [5.41, 5.74) is 5.72. The Balaban J connectivity index is 2.10. The van der Waals surface area contributed by atoms with Crippen LogP contribution in [0.15, 0.2) is 36.4 Å². The van der Waals surface area contributed by atoms with Crippen LogP contribution in [0, 0.1) is 6.92 Å². The number of amides is 2. The van der Waals surface area contributed by atoms with E-state index in [4.69, 9.17) is 5.73 Å². The lowest BCUT2D eigenvalue weighted by Crippen LogP contribution is -2.30. The summed E-state index contributed by atoms with van der Waals surface area (Å²) in [4.78, 5) is 25.7. The molecule has 4 nitrogen and oxygen atoms in total. The van der Waals surface area contributed by atoms with Gasteiger partial charge in [0, 0.05) is 5.69 Å².